The van der Waals surface area contributed by atoms with Crippen LogP contribution >= 0.6 is 22.9 Å². The molecule has 0 unspecified atom stereocenters. The lowest BCUT2D eigenvalue weighted by Gasteiger charge is -2.05. The van der Waals surface area contributed by atoms with Crippen molar-refractivity contribution in [3.8, 4) is 0 Å². The van der Waals surface area contributed by atoms with E-state index in [-0.39, 0.29) is 12.6 Å². The third kappa shape index (κ3) is 4.03. The highest BCUT2D eigenvalue weighted by molar-refractivity contribution is 7.20. The molecular weight excluding hydrogens is 360 g/mol. The maximum Gasteiger partial charge on any atom is 0.348 e. The third-order valence-electron chi connectivity index (χ3n) is 3.75. The molecule has 0 fully saturated rings. The second kappa shape index (κ2) is 7.99. The van der Waals surface area contributed by atoms with Gasteiger partial charge in [-0.05, 0) is 31.5 Å². The monoisotopic (exact) mass is 378 g/mol. The standard InChI is InChI=1S/C18H19ClN2O3S/c1-3-23-8-9-24-18(22)16-10-14-12(2)20-21(17(14)25-16)11-13-6-4-5-7-15(13)19/h4-7,10H,3,8-9,11H2,1-2H3. The number of fused-ring (bicyclic) bond motifs is 1. The summed E-state index contributed by atoms with van der Waals surface area (Å²) in [6, 6.07) is 9.53. The van der Waals surface area contributed by atoms with Crippen molar-refractivity contribution < 1.29 is 14.3 Å². The topological polar surface area (TPSA) is 53.4 Å². The van der Waals surface area contributed by atoms with Gasteiger partial charge in [0.05, 0.1) is 18.8 Å². The van der Waals surface area contributed by atoms with E-state index in [0.29, 0.717) is 29.7 Å². The zero-order valence-electron chi connectivity index (χ0n) is 14.1. The van der Waals surface area contributed by atoms with Crippen LogP contribution in [-0.4, -0.2) is 35.6 Å². The van der Waals surface area contributed by atoms with Gasteiger partial charge in [-0.25, -0.2) is 4.79 Å². The Labute approximate surface area is 155 Å². The van der Waals surface area contributed by atoms with E-state index in [1.807, 2.05) is 48.9 Å². The molecule has 132 valence electrons. The summed E-state index contributed by atoms with van der Waals surface area (Å²) in [6.07, 6.45) is 0. The van der Waals surface area contributed by atoms with Crippen LogP contribution in [0.2, 0.25) is 5.02 Å². The summed E-state index contributed by atoms with van der Waals surface area (Å²) < 4.78 is 12.3. The molecule has 0 spiro atoms. The Kier molecular flexibility index (Phi) is 5.73. The van der Waals surface area contributed by atoms with Gasteiger partial charge in [0.2, 0.25) is 0 Å². The number of aromatic nitrogens is 2. The van der Waals surface area contributed by atoms with Gasteiger partial charge in [0, 0.05) is 17.0 Å². The highest BCUT2D eigenvalue weighted by atomic mass is 35.5. The minimum absolute atomic E-state index is 0.256. The van der Waals surface area contributed by atoms with Crippen LogP contribution in [0.15, 0.2) is 30.3 Å². The number of hydrogen-bond donors (Lipinski definition) is 0. The summed E-state index contributed by atoms with van der Waals surface area (Å²) >= 11 is 7.63. The van der Waals surface area contributed by atoms with E-state index in [4.69, 9.17) is 21.1 Å². The third-order valence-corrected chi connectivity index (χ3v) is 5.25. The van der Waals surface area contributed by atoms with E-state index in [1.54, 1.807) is 0 Å². The molecule has 0 saturated heterocycles. The first-order chi connectivity index (χ1) is 12.1. The number of esters is 1. The first kappa shape index (κ1) is 17.9. The Bertz CT molecular complexity index is 888. The second-order valence-electron chi connectivity index (χ2n) is 5.50. The number of aryl methyl sites for hydroxylation is 1. The molecule has 5 nitrogen and oxygen atoms in total. The molecule has 7 heteroatoms. The molecule has 2 heterocycles. The van der Waals surface area contributed by atoms with E-state index >= 15 is 0 Å². The van der Waals surface area contributed by atoms with Crippen molar-refractivity contribution in [3.63, 3.8) is 0 Å². The number of halogens is 1. The minimum Gasteiger partial charge on any atom is -0.459 e. The Morgan fingerprint density at radius 3 is 2.88 bits per heavy atom. The molecule has 0 saturated carbocycles. The number of rotatable bonds is 7. The van der Waals surface area contributed by atoms with Crippen molar-refractivity contribution in [2.24, 2.45) is 0 Å². The van der Waals surface area contributed by atoms with Crippen LogP contribution in [0, 0.1) is 6.92 Å². The first-order valence-electron chi connectivity index (χ1n) is 8.05. The van der Waals surface area contributed by atoms with E-state index < -0.39 is 0 Å². The van der Waals surface area contributed by atoms with E-state index in [9.17, 15) is 4.79 Å². The van der Waals surface area contributed by atoms with Gasteiger partial charge in [0.1, 0.15) is 16.3 Å². The molecular formula is C18H19ClN2O3S. The SMILES string of the molecule is CCOCCOC(=O)c1cc2c(C)nn(Cc3ccccc3Cl)c2s1. The van der Waals surface area contributed by atoms with Gasteiger partial charge in [0.25, 0.3) is 0 Å². The zero-order valence-corrected chi connectivity index (χ0v) is 15.7. The lowest BCUT2D eigenvalue weighted by molar-refractivity contribution is 0.0340. The van der Waals surface area contributed by atoms with Gasteiger partial charge in [-0.3, -0.25) is 4.68 Å². The number of thiophene rings is 1. The number of carbonyl (C=O) groups is 1. The van der Waals surface area contributed by atoms with E-state index in [2.05, 4.69) is 5.10 Å². The van der Waals surface area contributed by atoms with Crippen LogP contribution in [0.1, 0.15) is 27.9 Å². The molecule has 0 atom stereocenters. The Balaban J connectivity index is 1.81. The average molecular weight is 379 g/mol. The number of ether oxygens (including phenoxy) is 2. The minimum atomic E-state index is -0.329. The highest BCUT2D eigenvalue weighted by Crippen LogP contribution is 2.30. The predicted molar refractivity (Wildman–Crippen MR) is 99.7 cm³/mol. The van der Waals surface area contributed by atoms with Gasteiger partial charge >= 0.3 is 5.97 Å². The fraction of sp³-hybridized carbons (Fsp3) is 0.333. The summed E-state index contributed by atoms with van der Waals surface area (Å²) in [5.41, 5.74) is 1.87. The molecule has 0 aliphatic heterocycles. The molecule has 25 heavy (non-hydrogen) atoms. The fourth-order valence-electron chi connectivity index (χ4n) is 2.52. The average Bonchev–Trinajstić information content (AvgIpc) is 3.15. The van der Waals surface area contributed by atoms with Crippen molar-refractivity contribution in [2.75, 3.05) is 19.8 Å². The Hall–Kier alpha value is -1.89. The molecule has 0 amide bonds. The summed E-state index contributed by atoms with van der Waals surface area (Å²) in [6.45, 7) is 5.67. The van der Waals surface area contributed by atoms with Crippen molar-refractivity contribution in [2.45, 2.75) is 20.4 Å². The number of benzene rings is 1. The Morgan fingerprint density at radius 2 is 2.12 bits per heavy atom. The normalized spacial score (nSPS) is 11.2. The maximum atomic E-state index is 12.2. The van der Waals surface area contributed by atoms with Gasteiger partial charge in [-0.2, -0.15) is 5.10 Å². The molecule has 3 aromatic rings. The molecule has 0 N–H and O–H groups in total. The molecule has 0 aliphatic carbocycles. The van der Waals surface area contributed by atoms with Gasteiger partial charge in [-0.1, -0.05) is 29.8 Å². The summed E-state index contributed by atoms with van der Waals surface area (Å²) in [5, 5.41) is 6.24. The fourth-order valence-corrected chi connectivity index (χ4v) is 3.77. The van der Waals surface area contributed by atoms with Crippen LogP contribution in [-0.2, 0) is 16.0 Å². The predicted octanol–water partition coefficient (Wildman–Crippen LogP) is 4.30. The molecule has 1 aromatic carbocycles. The summed E-state index contributed by atoms with van der Waals surface area (Å²) in [7, 11) is 0. The van der Waals surface area contributed by atoms with Crippen LogP contribution in [0.4, 0.5) is 0 Å². The van der Waals surface area contributed by atoms with Crippen LogP contribution in [0.5, 0.6) is 0 Å². The summed E-state index contributed by atoms with van der Waals surface area (Å²) in [5.74, 6) is -0.329. The molecule has 2 aromatic heterocycles. The zero-order chi connectivity index (χ0) is 17.8. The van der Waals surface area contributed by atoms with Gasteiger partial charge in [-0.15, -0.1) is 11.3 Å². The van der Waals surface area contributed by atoms with Crippen molar-refractivity contribution >= 4 is 39.1 Å². The number of hydrogen-bond acceptors (Lipinski definition) is 5. The molecule has 0 radical (unpaired) electrons. The molecule has 0 bridgehead atoms. The largest absolute Gasteiger partial charge is 0.459 e. The van der Waals surface area contributed by atoms with E-state index in [1.165, 1.54) is 11.3 Å². The second-order valence-corrected chi connectivity index (χ2v) is 6.93. The number of nitrogens with zero attached hydrogens (tertiary/aromatic N) is 2. The molecule has 0 aliphatic rings. The summed E-state index contributed by atoms with van der Waals surface area (Å²) in [4.78, 5) is 13.7. The van der Waals surface area contributed by atoms with Crippen molar-refractivity contribution in [1.82, 2.24) is 9.78 Å². The number of carbonyl (C=O) groups excluding carboxylic acids is 1. The van der Waals surface area contributed by atoms with Gasteiger partial charge < -0.3 is 9.47 Å². The van der Waals surface area contributed by atoms with Crippen LogP contribution < -0.4 is 0 Å². The van der Waals surface area contributed by atoms with Crippen molar-refractivity contribution in [3.05, 3.63) is 51.5 Å². The molecule has 3 rings (SSSR count). The van der Waals surface area contributed by atoms with E-state index in [0.717, 1.165) is 21.5 Å². The first-order valence-corrected chi connectivity index (χ1v) is 9.24. The lowest BCUT2D eigenvalue weighted by atomic mass is 10.2. The van der Waals surface area contributed by atoms with Crippen molar-refractivity contribution in [1.29, 1.82) is 0 Å². The van der Waals surface area contributed by atoms with Gasteiger partial charge in [0.15, 0.2) is 0 Å². The van der Waals surface area contributed by atoms with Crippen LogP contribution in [0.25, 0.3) is 10.2 Å². The quantitative estimate of drug-likeness (QED) is 0.454. The lowest BCUT2D eigenvalue weighted by Crippen LogP contribution is -2.09. The Morgan fingerprint density at radius 1 is 1.32 bits per heavy atom. The smallest absolute Gasteiger partial charge is 0.348 e. The maximum absolute atomic E-state index is 12.2. The van der Waals surface area contributed by atoms with Crippen LogP contribution in [0.3, 0.4) is 0 Å². The highest BCUT2D eigenvalue weighted by Gasteiger charge is 2.17.